The highest BCUT2D eigenvalue weighted by Gasteiger charge is 2.21. The number of rotatable bonds is 6. The molecule has 0 radical (unpaired) electrons. The molecule has 1 atom stereocenters. The zero-order valence-corrected chi connectivity index (χ0v) is 11.6. The number of hydrogen-bond acceptors (Lipinski definition) is 2. The van der Waals surface area contributed by atoms with Crippen LogP contribution < -0.4 is 10.6 Å². The Bertz CT molecular complexity index is 222. The molecular formula is C14H28N2O. The Morgan fingerprint density at radius 2 is 1.88 bits per heavy atom. The van der Waals surface area contributed by atoms with E-state index in [2.05, 4.69) is 31.4 Å². The van der Waals surface area contributed by atoms with Crippen molar-refractivity contribution in [3.8, 4) is 0 Å². The molecule has 0 bridgehead atoms. The molecule has 100 valence electrons. The van der Waals surface area contributed by atoms with Gasteiger partial charge in [0.15, 0.2) is 0 Å². The van der Waals surface area contributed by atoms with Crippen LogP contribution >= 0.6 is 0 Å². The third kappa shape index (κ3) is 5.53. The predicted molar refractivity (Wildman–Crippen MR) is 71.9 cm³/mol. The van der Waals surface area contributed by atoms with Crippen molar-refractivity contribution in [2.45, 2.75) is 71.4 Å². The summed E-state index contributed by atoms with van der Waals surface area (Å²) in [6, 6.07) is 0.714. The minimum absolute atomic E-state index is 0.207. The van der Waals surface area contributed by atoms with Gasteiger partial charge in [-0.25, -0.2) is 0 Å². The average Bonchev–Trinajstić information content (AvgIpc) is 2.30. The zero-order valence-electron chi connectivity index (χ0n) is 11.6. The van der Waals surface area contributed by atoms with Gasteiger partial charge < -0.3 is 10.6 Å². The van der Waals surface area contributed by atoms with E-state index < -0.39 is 0 Å². The van der Waals surface area contributed by atoms with Gasteiger partial charge in [-0.15, -0.1) is 0 Å². The van der Waals surface area contributed by atoms with Crippen molar-refractivity contribution in [3.05, 3.63) is 0 Å². The van der Waals surface area contributed by atoms with Crippen LogP contribution in [0.5, 0.6) is 0 Å². The lowest BCUT2D eigenvalue weighted by Gasteiger charge is -2.28. The minimum Gasteiger partial charge on any atom is -0.353 e. The number of amides is 1. The molecule has 0 aromatic heterocycles. The molecule has 1 rings (SSSR count). The van der Waals surface area contributed by atoms with E-state index in [-0.39, 0.29) is 11.9 Å². The summed E-state index contributed by atoms with van der Waals surface area (Å²) >= 11 is 0. The first-order valence-corrected chi connectivity index (χ1v) is 7.18. The van der Waals surface area contributed by atoms with Crippen LogP contribution in [-0.2, 0) is 4.79 Å². The van der Waals surface area contributed by atoms with Crippen molar-refractivity contribution in [3.63, 3.8) is 0 Å². The fourth-order valence-corrected chi connectivity index (χ4v) is 2.70. The normalized spacial score (nSPS) is 26.5. The van der Waals surface area contributed by atoms with Gasteiger partial charge in [-0.2, -0.15) is 0 Å². The van der Waals surface area contributed by atoms with Crippen molar-refractivity contribution >= 4 is 5.91 Å². The molecule has 1 saturated carbocycles. The van der Waals surface area contributed by atoms with E-state index in [0.717, 1.165) is 12.5 Å². The predicted octanol–water partition coefficient (Wildman–Crippen LogP) is 2.46. The van der Waals surface area contributed by atoms with Crippen LogP contribution in [0.4, 0.5) is 0 Å². The Morgan fingerprint density at radius 3 is 2.41 bits per heavy atom. The maximum Gasteiger partial charge on any atom is 0.221 e. The molecule has 0 heterocycles. The van der Waals surface area contributed by atoms with Gasteiger partial charge in [0.2, 0.25) is 5.91 Å². The summed E-state index contributed by atoms with van der Waals surface area (Å²) in [5, 5.41) is 6.44. The Hall–Kier alpha value is -0.570. The summed E-state index contributed by atoms with van der Waals surface area (Å²) in [5.74, 6) is 1.10. The fraction of sp³-hybridized carbons (Fsp3) is 0.929. The standard InChI is InChI=1S/C14H28N2O/c1-4-12-6-8-13(9-7-12)16-14(17)10-11(3)15-5-2/h11-13,15H,4-10H2,1-3H3,(H,16,17). The Kier molecular flexibility index (Phi) is 6.56. The van der Waals surface area contributed by atoms with Crippen molar-refractivity contribution in [1.29, 1.82) is 0 Å². The molecule has 0 aliphatic heterocycles. The highest BCUT2D eigenvalue weighted by molar-refractivity contribution is 5.76. The smallest absolute Gasteiger partial charge is 0.221 e. The molecule has 1 unspecified atom stereocenters. The maximum atomic E-state index is 11.8. The van der Waals surface area contributed by atoms with Gasteiger partial charge in [0.1, 0.15) is 0 Å². The monoisotopic (exact) mass is 240 g/mol. The van der Waals surface area contributed by atoms with E-state index in [1.54, 1.807) is 0 Å². The topological polar surface area (TPSA) is 41.1 Å². The van der Waals surface area contributed by atoms with Gasteiger partial charge in [-0.3, -0.25) is 4.79 Å². The summed E-state index contributed by atoms with van der Waals surface area (Å²) in [4.78, 5) is 11.8. The quantitative estimate of drug-likeness (QED) is 0.749. The summed E-state index contributed by atoms with van der Waals surface area (Å²) in [7, 11) is 0. The number of carbonyl (C=O) groups is 1. The van der Waals surface area contributed by atoms with Crippen LogP contribution in [0.25, 0.3) is 0 Å². The molecule has 17 heavy (non-hydrogen) atoms. The molecule has 0 aromatic carbocycles. The summed E-state index contributed by atoms with van der Waals surface area (Å²) in [5.41, 5.74) is 0. The van der Waals surface area contributed by atoms with E-state index in [4.69, 9.17) is 0 Å². The lowest BCUT2D eigenvalue weighted by atomic mass is 9.84. The third-order valence-corrected chi connectivity index (χ3v) is 3.83. The van der Waals surface area contributed by atoms with Gasteiger partial charge in [0.05, 0.1) is 0 Å². The van der Waals surface area contributed by atoms with Crippen LogP contribution in [-0.4, -0.2) is 24.5 Å². The van der Waals surface area contributed by atoms with E-state index in [9.17, 15) is 4.79 Å². The maximum absolute atomic E-state index is 11.8. The van der Waals surface area contributed by atoms with Gasteiger partial charge in [0, 0.05) is 18.5 Å². The largest absolute Gasteiger partial charge is 0.353 e. The molecule has 1 amide bonds. The first-order valence-electron chi connectivity index (χ1n) is 7.18. The number of hydrogen-bond donors (Lipinski definition) is 2. The molecule has 1 aliphatic carbocycles. The van der Waals surface area contributed by atoms with Crippen LogP contribution in [0.15, 0.2) is 0 Å². The van der Waals surface area contributed by atoms with Crippen molar-refractivity contribution in [2.24, 2.45) is 5.92 Å². The molecule has 0 spiro atoms. The lowest BCUT2D eigenvalue weighted by molar-refractivity contribution is -0.122. The third-order valence-electron chi connectivity index (χ3n) is 3.83. The molecule has 2 N–H and O–H groups in total. The first-order chi connectivity index (χ1) is 8.15. The van der Waals surface area contributed by atoms with Gasteiger partial charge in [0.25, 0.3) is 0 Å². The zero-order chi connectivity index (χ0) is 12.7. The Labute approximate surface area is 106 Å². The van der Waals surface area contributed by atoms with Crippen molar-refractivity contribution in [2.75, 3.05) is 6.54 Å². The lowest BCUT2D eigenvalue weighted by Crippen LogP contribution is -2.40. The molecule has 0 aromatic rings. The van der Waals surface area contributed by atoms with Crippen LogP contribution in [0.2, 0.25) is 0 Å². The van der Waals surface area contributed by atoms with Crippen LogP contribution in [0, 0.1) is 5.92 Å². The molecule has 1 fully saturated rings. The summed E-state index contributed by atoms with van der Waals surface area (Å²) in [6.45, 7) is 7.33. The van der Waals surface area contributed by atoms with Crippen LogP contribution in [0.1, 0.15) is 59.3 Å². The van der Waals surface area contributed by atoms with E-state index in [0.29, 0.717) is 12.5 Å². The van der Waals surface area contributed by atoms with Gasteiger partial charge >= 0.3 is 0 Å². The van der Waals surface area contributed by atoms with Crippen molar-refractivity contribution < 1.29 is 4.79 Å². The Morgan fingerprint density at radius 1 is 1.24 bits per heavy atom. The molecule has 3 heteroatoms. The van der Waals surface area contributed by atoms with E-state index in [1.807, 2.05) is 0 Å². The molecule has 3 nitrogen and oxygen atoms in total. The summed E-state index contributed by atoms with van der Waals surface area (Å²) in [6.07, 6.45) is 6.79. The van der Waals surface area contributed by atoms with Gasteiger partial charge in [-0.05, 0) is 45.1 Å². The SMILES string of the molecule is CCNC(C)CC(=O)NC1CCC(CC)CC1. The fourth-order valence-electron chi connectivity index (χ4n) is 2.70. The van der Waals surface area contributed by atoms with E-state index >= 15 is 0 Å². The second-order valence-corrected chi connectivity index (χ2v) is 5.36. The highest BCUT2D eigenvalue weighted by atomic mass is 16.1. The minimum atomic E-state index is 0.207. The molecular weight excluding hydrogens is 212 g/mol. The number of carbonyl (C=O) groups excluding carboxylic acids is 1. The summed E-state index contributed by atoms with van der Waals surface area (Å²) < 4.78 is 0. The highest BCUT2D eigenvalue weighted by Crippen LogP contribution is 2.26. The van der Waals surface area contributed by atoms with Crippen molar-refractivity contribution in [1.82, 2.24) is 10.6 Å². The Balaban J connectivity index is 2.19. The van der Waals surface area contributed by atoms with Crippen LogP contribution in [0.3, 0.4) is 0 Å². The average molecular weight is 240 g/mol. The van der Waals surface area contributed by atoms with Gasteiger partial charge in [-0.1, -0.05) is 20.3 Å². The molecule has 1 aliphatic rings. The second-order valence-electron chi connectivity index (χ2n) is 5.36. The first kappa shape index (κ1) is 14.5. The molecule has 0 saturated heterocycles. The number of nitrogens with one attached hydrogen (secondary N) is 2. The second kappa shape index (κ2) is 7.70. The van der Waals surface area contributed by atoms with E-state index in [1.165, 1.54) is 32.1 Å².